The van der Waals surface area contributed by atoms with Crippen LogP contribution in [0.5, 0.6) is 0 Å². The molecule has 0 bridgehead atoms. The van der Waals surface area contributed by atoms with Gasteiger partial charge in [0.15, 0.2) is 0 Å². The van der Waals surface area contributed by atoms with E-state index in [1.807, 2.05) is 11.8 Å². The van der Waals surface area contributed by atoms with Crippen LogP contribution in [0.1, 0.15) is 6.42 Å². The molecular formula is C5H19NSSi3. The van der Waals surface area contributed by atoms with Crippen LogP contribution in [-0.4, -0.2) is 45.4 Å². The molecule has 10 heavy (non-hydrogen) atoms. The van der Waals surface area contributed by atoms with Crippen LogP contribution >= 0.6 is 11.8 Å². The van der Waals surface area contributed by atoms with Crippen LogP contribution in [-0.2, 0) is 0 Å². The average molecular weight is 210 g/mol. The summed E-state index contributed by atoms with van der Waals surface area (Å²) in [7, 11) is 2.74. The molecule has 0 fully saturated rings. The minimum atomic E-state index is 0.543. The van der Waals surface area contributed by atoms with Gasteiger partial charge in [-0.25, -0.2) is 0 Å². The highest BCUT2D eigenvalue weighted by Crippen LogP contribution is 2.02. The Bertz CT molecular complexity index is 56.9. The standard InChI is InChI=1S/C5H19NSSi3/c6-2-4-7-3-1-5-9-10-8/h1-6,9-10H2,8H3. The third-order valence-electron chi connectivity index (χ3n) is 1.40. The van der Waals surface area contributed by atoms with Gasteiger partial charge in [-0.3, -0.25) is 0 Å². The largest absolute Gasteiger partial charge is 0.330 e. The van der Waals surface area contributed by atoms with Crippen LogP contribution in [0.3, 0.4) is 0 Å². The van der Waals surface area contributed by atoms with E-state index in [9.17, 15) is 0 Å². The summed E-state index contributed by atoms with van der Waals surface area (Å²) < 4.78 is 0. The molecule has 0 aliphatic heterocycles. The predicted octanol–water partition coefficient (Wildman–Crippen LogP) is -1.98. The van der Waals surface area contributed by atoms with Crippen LogP contribution in [0.2, 0.25) is 6.04 Å². The molecule has 0 spiro atoms. The van der Waals surface area contributed by atoms with Crippen LogP contribution in [0, 0.1) is 0 Å². The highest BCUT2D eigenvalue weighted by molar-refractivity contribution is 7.99. The van der Waals surface area contributed by atoms with Crippen molar-refractivity contribution in [2.24, 2.45) is 5.73 Å². The summed E-state index contributed by atoms with van der Waals surface area (Å²) in [6.45, 7) is 0.859. The average Bonchev–Trinajstić information content (AvgIpc) is 1.97. The van der Waals surface area contributed by atoms with E-state index in [2.05, 4.69) is 0 Å². The van der Waals surface area contributed by atoms with Crippen LogP contribution in [0.25, 0.3) is 0 Å². The van der Waals surface area contributed by atoms with E-state index in [1.54, 1.807) is 15.8 Å². The maximum Gasteiger partial charge on any atom is 0.00558 e. The summed E-state index contributed by atoms with van der Waals surface area (Å²) in [6, 6.07) is 1.63. The number of hydrogen-bond donors (Lipinski definition) is 1. The van der Waals surface area contributed by atoms with Gasteiger partial charge < -0.3 is 5.73 Å². The molecule has 5 heteroatoms. The molecule has 0 radical (unpaired) electrons. The SMILES string of the molecule is NCCSCCC[SiH2][SiH2][SiH3]. The Morgan fingerprint density at radius 3 is 2.80 bits per heavy atom. The van der Waals surface area contributed by atoms with Crippen LogP contribution in [0.15, 0.2) is 0 Å². The lowest BCUT2D eigenvalue weighted by Crippen LogP contribution is -2.04. The van der Waals surface area contributed by atoms with Crippen molar-refractivity contribution in [3.8, 4) is 0 Å². The fourth-order valence-corrected chi connectivity index (χ4v) is 10.1. The van der Waals surface area contributed by atoms with E-state index in [-0.39, 0.29) is 0 Å². The van der Waals surface area contributed by atoms with Gasteiger partial charge in [-0.2, -0.15) is 11.8 Å². The van der Waals surface area contributed by atoms with Gasteiger partial charge in [0.25, 0.3) is 0 Å². The molecule has 0 rings (SSSR count). The molecule has 2 N–H and O–H groups in total. The highest BCUT2D eigenvalue weighted by atomic mass is 32.2. The summed E-state index contributed by atoms with van der Waals surface area (Å²) in [5.74, 6) is 2.54. The first kappa shape index (κ1) is 11.0. The van der Waals surface area contributed by atoms with Gasteiger partial charge in [0.2, 0.25) is 0 Å². The summed E-state index contributed by atoms with van der Waals surface area (Å²) in [5, 5.41) is 0. The van der Waals surface area contributed by atoms with Gasteiger partial charge in [-0.15, -0.1) is 0 Å². The smallest absolute Gasteiger partial charge is 0.00558 e. The van der Waals surface area contributed by atoms with E-state index in [4.69, 9.17) is 5.73 Å². The Kier molecular flexibility index (Phi) is 10.9. The van der Waals surface area contributed by atoms with Gasteiger partial charge in [0.1, 0.15) is 0 Å². The predicted molar refractivity (Wildman–Crippen MR) is 62.8 cm³/mol. The van der Waals surface area contributed by atoms with Crippen molar-refractivity contribution in [2.75, 3.05) is 18.1 Å². The van der Waals surface area contributed by atoms with Gasteiger partial charge in [0.05, 0.1) is 0 Å². The van der Waals surface area contributed by atoms with Crippen molar-refractivity contribution in [2.45, 2.75) is 12.5 Å². The molecule has 62 valence electrons. The zero-order valence-electron chi connectivity index (χ0n) is 6.94. The van der Waals surface area contributed by atoms with Crippen molar-refractivity contribution in [3.63, 3.8) is 0 Å². The minimum Gasteiger partial charge on any atom is -0.330 e. The molecule has 0 aliphatic carbocycles. The fraction of sp³-hybridized carbons (Fsp3) is 1.00. The maximum atomic E-state index is 5.37. The minimum absolute atomic E-state index is 0.543. The van der Waals surface area contributed by atoms with E-state index in [0.29, 0.717) is 17.6 Å². The third-order valence-corrected chi connectivity index (χ3v) is 14.2. The monoisotopic (exact) mass is 209 g/mol. The number of rotatable bonds is 7. The number of hydrogen-bond acceptors (Lipinski definition) is 2. The normalized spacial score (nSPS) is 12.9. The Labute approximate surface area is 75.6 Å². The first-order valence-electron chi connectivity index (χ1n) is 4.19. The molecule has 0 heterocycles. The van der Waals surface area contributed by atoms with Crippen molar-refractivity contribution in [1.29, 1.82) is 0 Å². The molecule has 0 saturated carbocycles. The Balaban J connectivity index is 2.65. The van der Waals surface area contributed by atoms with Gasteiger partial charge in [0, 0.05) is 21.3 Å². The number of nitrogens with two attached hydrogens (primary N) is 1. The highest BCUT2D eigenvalue weighted by Gasteiger charge is 1.88. The molecule has 0 aromatic rings. The molecule has 0 amide bonds. The second-order valence-electron chi connectivity index (χ2n) is 2.46. The van der Waals surface area contributed by atoms with Crippen molar-refractivity contribution in [3.05, 3.63) is 0 Å². The van der Waals surface area contributed by atoms with E-state index in [0.717, 1.165) is 6.54 Å². The van der Waals surface area contributed by atoms with Gasteiger partial charge in [-0.1, -0.05) is 6.04 Å². The summed E-state index contributed by atoms with van der Waals surface area (Å²) in [6.07, 6.45) is 1.49. The molecule has 0 aromatic carbocycles. The fourth-order valence-electron chi connectivity index (χ4n) is 0.816. The molecule has 1 nitrogen and oxygen atoms in total. The summed E-state index contributed by atoms with van der Waals surface area (Å²) in [5.41, 5.74) is 5.37. The van der Waals surface area contributed by atoms with Crippen LogP contribution < -0.4 is 5.73 Å². The third kappa shape index (κ3) is 8.96. The lowest BCUT2D eigenvalue weighted by molar-refractivity contribution is 1.08. The van der Waals surface area contributed by atoms with Crippen molar-refractivity contribution in [1.82, 2.24) is 0 Å². The molecule has 0 aromatic heterocycles. The van der Waals surface area contributed by atoms with E-state index < -0.39 is 0 Å². The van der Waals surface area contributed by atoms with Gasteiger partial charge >= 0.3 is 0 Å². The second kappa shape index (κ2) is 9.96. The Morgan fingerprint density at radius 1 is 1.40 bits per heavy atom. The molecular weight excluding hydrogens is 190 g/mol. The maximum absolute atomic E-state index is 5.37. The van der Waals surface area contributed by atoms with E-state index >= 15 is 0 Å². The summed E-state index contributed by atoms with van der Waals surface area (Å²) in [4.78, 5) is 0. The first-order chi connectivity index (χ1) is 4.91. The summed E-state index contributed by atoms with van der Waals surface area (Å²) >= 11 is 2.03. The Morgan fingerprint density at radius 2 is 2.20 bits per heavy atom. The molecule has 0 saturated heterocycles. The second-order valence-corrected chi connectivity index (χ2v) is 20.2. The van der Waals surface area contributed by atoms with Crippen LogP contribution in [0.4, 0.5) is 0 Å². The van der Waals surface area contributed by atoms with Crippen molar-refractivity contribution < 1.29 is 0 Å². The zero-order chi connectivity index (χ0) is 7.66. The topological polar surface area (TPSA) is 26.0 Å². The number of thioether (sulfide) groups is 1. The quantitative estimate of drug-likeness (QED) is 0.389. The van der Waals surface area contributed by atoms with E-state index in [1.165, 1.54) is 17.9 Å². The first-order valence-corrected chi connectivity index (χ1v) is 16.0. The molecule has 0 atom stereocenters. The zero-order valence-corrected chi connectivity index (χ0v) is 12.6. The molecule has 0 unspecified atom stereocenters. The lowest BCUT2D eigenvalue weighted by atomic mass is 10.6. The Hall–Kier alpha value is 0.961. The van der Waals surface area contributed by atoms with Crippen molar-refractivity contribution >= 4 is 39.1 Å². The lowest BCUT2D eigenvalue weighted by Gasteiger charge is -1.97. The molecule has 0 aliphatic rings. The van der Waals surface area contributed by atoms with Gasteiger partial charge in [-0.05, 0) is 30.5 Å².